The van der Waals surface area contributed by atoms with E-state index in [0.29, 0.717) is 18.4 Å². The molecule has 0 aromatic carbocycles. The average molecular weight is 404 g/mol. The van der Waals surface area contributed by atoms with Crippen LogP contribution in [0.1, 0.15) is 50.3 Å². The molecule has 1 aliphatic rings. The third-order valence-corrected chi connectivity index (χ3v) is 6.88. The van der Waals surface area contributed by atoms with Gasteiger partial charge in [-0.15, -0.1) is 11.3 Å². The number of thiophene rings is 1. The number of furan rings is 1. The summed E-state index contributed by atoms with van der Waals surface area (Å²) in [6.45, 7) is 9.97. The number of anilines is 1. The van der Waals surface area contributed by atoms with Crippen LogP contribution in [0.3, 0.4) is 0 Å². The first-order valence-electron chi connectivity index (χ1n) is 9.36. The molecule has 0 fully saturated rings. The van der Waals surface area contributed by atoms with E-state index in [4.69, 9.17) is 19.1 Å². The van der Waals surface area contributed by atoms with Crippen molar-refractivity contribution in [1.82, 2.24) is 9.97 Å². The van der Waals surface area contributed by atoms with Crippen LogP contribution in [-0.2, 0) is 24.3 Å². The summed E-state index contributed by atoms with van der Waals surface area (Å²) in [5.74, 6) is 1.79. The smallest absolute Gasteiger partial charge is 0.191 e. The number of thioether (sulfide) groups is 1. The molecule has 5 nitrogen and oxygen atoms in total. The first kappa shape index (κ1) is 18.8. The van der Waals surface area contributed by atoms with E-state index in [1.165, 1.54) is 10.4 Å². The number of nitrogens with one attached hydrogen (secondary N) is 1. The number of rotatable bonds is 6. The SMILES string of the molecule is CC[C@]1(C)Cc2c(sc3nc(SC(C)C)nc(NCc4ccco4)c23)CO1. The van der Waals surface area contributed by atoms with Gasteiger partial charge in [-0.2, -0.15) is 0 Å². The third kappa shape index (κ3) is 3.86. The number of hydrogen-bond donors (Lipinski definition) is 1. The second-order valence-corrected chi connectivity index (χ2v) is 10.0. The first-order chi connectivity index (χ1) is 13.0. The lowest BCUT2D eigenvalue weighted by atomic mass is 9.90. The summed E-state index contributed by atoms with van der Waals surface area (Å²) in [5.41, 5.74) is 1.22. The molecule has 0 aliphatic carbocycles. The zero-order valence-electron chi connectivity index (χ0n) is 16.2. The largest absolute Gasteiger partial charge is 0.467 e. The van der Waals surface area contributed by atoms with Crippen molar-refractivity contribution < 1.29 is 9.15 Å². The highest BCUT2D eigenvalue weighted by Crippen LogP contribution is 2.42. The molecule has 1 N–H and O–H groups in total. The van der Waals surface area contributed by atoms with Crippen LogP contribution >= 0.6 is 23.1 Å². The van der Waals surface area contributed by atoms with Gasteiger partial charge in [-0.1, -0.05) is 32.5 Å². The lowest BCUT2D eigenvalue weighted by molar-refractivity contribution is -0.0542. The van der Waals surface area contributed by atoms with Gasteiger partial charge >= 0.3 is 0 Å². The van der Waals surface area contributed by atoms with E-state index in [0.717, 1.165) is 39.8 Å². The predicted molar refractivity (Wildman–Crippen MR) is 112 cm³/mol. The maximum Gasteiger partial charge on any atom is 0.191 e. The topological polar surface area (TPSA) is 60.2 Å². The minimum absolute atomic E-state index is 0.120. The van der Waals surface area contributed by atoms with Crippen LogP contribution in [0.25, 0.3) is 10.2 Å². The van der Waals surface area contributed by atoms with E-state index in [-0.39, 0.29) is 5.60 Å². The molecule has 0 saturated carbocycles. The number of aromatic nitrogens is 2. The Morgan fingerprint density at radius 3 is 2.93 bits per heavy atom. The number of fused-ring (bicyclic) bond motifs is 3. The standard InChI is InChI=1S/C20H25N3O2S2/c1-5-20(4)9-14-15(11-25-20)27-18-16(14)17(21-10-13-7-6-8-24-13)22-19(23-18)26-12(2)3/h6-8,12H,5,9-11H2,1-4H3,(H,21,22,23)/t20-/m1/s1. The molecular formula is C20H25N3O2S2. The Kier molecular flexibility index (Phi) is 5.18. The van der Waals surface area contributed by atoms with Crippen molar-refractivity contribution in [3.63, 3.8) is 0 Å². The fraction of sp³-hybridized carbons (Fsp3) is 0.500. The van der Waals surface area contributed by atoms with Gasteiger partial charge in [-0.3, -0.25) is 0 Å². The summed E-state index contributed by atoms with van der Waals surface area (Å²) in [5, 5.41) is 5.89. The quantitative estimate of drug-likeness (QED) is 0.425. The van der Waals surface area contributed by atoms with Crippen molar-refractivity contribution in [3.8, 4) is 0 Å². The minimum Gasteiger partial charge on any atom is -0.467 e. The van der Waals surface area contributed by atoms with E-state index >= 15 is 0 Å². The van der Waals surface area contributed by atoms with E-state index < -0.39 is 0 Å². The zero-order valence-corrected chi connectivity index (χ0v) is 17.8. The fourth-order valence-corrected chi connectivity index (χ4v) is 5.13. The van der Waals surface area contributed by atoms with Gasteiger partial charge in [-0.25, -0.2) is 9.97 Å². The highest BCUT2D eigenvalue weighted by Gasteiger charge is 2.33. The van der Waals surface area contributed by atoms with Crippen LogP contribution < -0.4 is 5.32 Å². The Labute approximate surface area is 167 Å². The molecule has 3 aromatic rings. The van der Waals surface area contributed by atoms with Gasteiger partial charge in [0.05, 0.1) is 30.4 Å². The zero-order chi connectivity index (χ0) is 19.0. The van der Waals surface area contributed by atoms with Crippen molar-refractivity contribution in [1.29, 1.82) is 0 Å². The van der Waals surface area contributed by atoms with Gasteiger partial charge in [0, 0.05) is 16.5 Å². The molecule has 27 heavy (non-hydrogen) atoms. The van der Waals surface area contributed by atoms with Crippen molar-refractivity contribution in [2.75, 3.05) is 5.32 Å². The highest BCUT2D eigenvalue weighted by atomic mass is 32.2. The predicted octanol–water partition coefficient (Wildman–Crippen LogP) is 5.64. The molecule has 144 valence electrons. The van der Waals surface area contributed by atoms with Crippen molar-refractivity contribution in [2.45, 2.75) is 69.7 Å². The Bertz CT molecular complexity index is 937. The van der Waals surface area contributed by atoms with Gasteiger partial charge in [0.25, 0.3) is 0 Å². The Morgan fingerprint density at radius 1 is 1.37 bits per heavy atom. The summed E-state index contributed by atoms with van der Waals surface area (Å²) in [4.78, 5) is 12.0. The van der Waals surface area contributed by atoms with E-state index in [1.54, 1.807) is 29.4 Å². The van der Waals surface area contributed by atoms with Crippen molar-refractivity contribution >= 4 is 39.1 Å². The van der Waals surface area contributed by atoms with Gasteiger partial charge in [0.15, 0.2) is 5.16 Å². The Morgan fingerprint density at radius 2 is 2.22 bits per heavy atom. The molecule has 4 rings (SSSR count). The maximum atomic E-state index is 6.15. The number of hydrogen-bond acceptors (Lipinski definition) is 7. The molecule has 7 heteroatoms. The molecule has 0 amide bonds. The van der Waals surface area contributed by atoms with Gasteiger partial charge < -0.3 is 14.5 Å². The fourth-order valence-electron chi connectivity index (χ4n) is 3.25. The van der Waals surface area contributed by atoms with Crippen LogP contribution in [0.15, 0.2) is 28.0 Å². The van der Waals surface area contributed by atoms with Crippen LogP contribution in [-0.4, -0.2) is 20.8 Å². The van der Waals surface area contributed by atoms with Crippen LogP contribution in [0.2, 0.25) is 0 Å². The summed E-state index contributed by atoms with van der Waals surface area (Å²) >= 11 is 3.43. The number of nitrogens with zero attached hydrogens (tertiary/aromatic N) is 2. The molecule has 3 aromatic heterocycles. The van der Waals surface area contributed by atoms with Gasteiger partial charge in [0.1, 0.15) is 16.4 Å². The molecule has 4 heterocycles. The van der Waals surface area contributed by atoms with E-state index in [9.17, 15) is 0 Å². The highest BCUT2D eigenvalue weighted by molar-refractivity contribution is 7.99. The molecule has 0 spiro atoms. The second kappa shape index (κ2) is 7.45. The molecule has 1 atom stereocenters. The lowest BCUT2D eigenvalue weighted by Crippen LogP contribution is -2.33. The summed E-state index contributed by atoms with van der Waals surface area (Å²) in [6, 6.07) is 3.88. The summed E-state index contributed by atoms with van der Waals surface area (Å²) < 4.78 is 11.6. The van der Waals surface area contributed by atoms with Gasteiger partial charge in [0.2, 0.25) is 0 Å². The van der Waals surface area contributed by atoms with Crippen LogP contribution in [0.5, 0.6) is 0 Å². The van der Waals surface area contributed by atoms with Crippen LogP contribution in [0, 0.1) is 0 Å². The van der Waals surface area contributed by atoms with Crippen molar-refractivity contribution in [2.24, 2.45) is 0 Å². The third-order valence-electron chi connectivity index (χ3n) is 4.92. The maximum absolute atomic E-state index is 6.15. The van der Waals surface area contributed by atoms with E-state index in [1.807, 2.05) is 12.1 Å². The molecular weight excluding hydrogens is 378 g/mol. The molecule has 0 saturated heterocycles. The normalized spacial score (nSPS) is 19.6. The Hall–Kier alpha value is -1.57. The van der Waals surface area contributed by atoms with Gasteiger partial charge in [-0.05, 0) is 31.0 Å². The second-order valence-electron chi connectivity index (χ2n) is 7.41. The summed E-state index contributed by atoms with van der Waals surface area (Å²) in [6.07, 6.45) is 3.58. The molecule has 0 unspecified atom stereocenters. The van der Waals surface area contributed by atoms with E-state index in [2.05, 4.69) is 33.0 Å². The average Bonchev–Trinajstić information content (AvgIpc) is 3.26. The molecule has 0 radical (unpaired) electrons. The monoisotopic (exact) mass is 403 g/mol. The number of ether oxygens (including phenoxy) is 1. The molecule has 0 bridgehead atoms. The minimum atomic E-state index is -0.120. The first-order valence-corrected chi connectivity index (χ1v) is 11.1. The molecule has 1 aliphatic heterocycles. The lowest BCUT2D eigenvalue weighted by Gasteiger charge is -2.33. The van der Waals surface area contributed by atoms with Crippen molar-refractivity contribution in [3.05, 3.63) is 34.6 Å². The van der Waals surface area contributed by atoms with Crippen LogP contribution in [0.4, 0.5) is 5.82 Å². The summed E-state index contributed by atoms with van der Waals surface area (Å²) in [7, 11) is 0. The Balaban J connectivity index is 1.77.